The highest BCUT2D eigenvalue weighted by Crippen LogP contribution is 2.33. The van der Waals surface area contributed by atoms with Crippen molar-refractivity contribution in [3.8, 4) is 0 Å². The second-order valence-electron chi connectivity index (χ2n) is 7.15. The van der Waals surface area contributed by atoms with E-state index in [1.165, 1.54) is 16.8 Å². The number of fused-ring (bicyclic) bond motifs is 1. The van der Waals surface area contributed by atoms with Crippen LogP contribution < -0.4 is 5.32 Å². The van der Waals surface area contributed by atoms with E-state index in [9.17, 15) is 15.0 Å². The van der Waals surface area contributed by atoms with E-state index in [1.54, 1.807) is 0 Å². The molecule has 1 unspecified atom stereocenters. The smallest absolute Gasteiger partial charge is 0.192 e. The van der Waals surface area contributed by atoms with Gasteiger partial charge in [-0.15, -0.1) is 0 Å². The number of aliphatic hydroxyl groups is 2. The van der Waals surface area contributed by atoms with Crippen molar-refractivity contribution in [1.82, 2.24) is 0 Å². The Kier molecular flexibility index (Phi) is 5.19. The van der Waals surface area contributed by atoms with Gasteiger partial charge in [0, 0.05) is 23.7 Å². The Morgan fingerprint density at radius 1 is 1.22 bits per heavy atom. The van der Waals surface area contributed by atoms with Crippen molar-refractivity contribution in [2.24, 2.45) is 0 Å². The normalized spacial score (nSPS) is 24.6. The first-order chi connectivity index (χ1) is 13.0. The molecule has 2 aromatic carbocycles. The van der Waals surface area contributed by atoms with Gasteiger partial charge >= 0.3 is 0 Å². The van der Waals surface area contributed by atoms with Crippen molar-refractivity contribution >= 4 is 23.1 Å². The molecule has 5 nitrogen and oxygen atoms in total. The molecule has 0 aromatic heterocycles. The fraction of sp³-hybridized carbons (Fsp3) is 0.381. The monoisotopic (exact) mass is 387 g/mol. The van der Waals surface area contributed by atoms with Crippen molar-refractivity contribution in [3.63, 3.8) is 0 Å². The van der Waals surface area contributed by atoms with Gasteiger partial charge in [-0.1, -0.05) is 35.9 Å². The quantitative estimate of drug-likeness (QED) is 0.751. The van der Waals surface area contributed by atoms with Gasteiger partial charge < -0.3 is 20.3 Å². The van der Waals surface area contributed by atoms with Crippen LogP contribution in [0.4, 0.5) is 5.69 Å². The molecule has 0 amide bonds. The van der Waals surface area contributed by atoms with E-state index in [0.29, 0.717) is 11.4 Å². The van der Waals surface area contributed by atoms with Crippen LogP contribution in [-0.2, 0) is 22.4 Å². The van der Waals surface area contributed by atoms with Crippen LogP contribution in [0.25, 0.3) is 0 Å². The van der Waals surface area contributed by atoms with Gasteiger partial charge in [0.1, 0.15) is 12.2 Å². The largest absolute Gasteiger partial charge is 0.393 e. The molecule has 142 valence electrons. The van der Waals surface area contributed by atoms with Crippen molar-refractivity contribution in [2.75, 3.05) is 18.5 Å². The van der Waals surface area contributed by atoms with Crippen LogP contribution in [0.2, 0.25) is 5.02 Å². The van der Waals surface area contributed by atoms with Gasteiger partial charge in [0.15, 0.2) is 5.78 Å². The van der Waals surface area contributed by atoms with Crippen LogP contribution in [0.15, 0.2) is 36.4 Å². The lowest BCUT2D eigenvalue weighted by atomic mass is 9.93. The molecule has 1 saturated heterocycles. The molecule has 2 heterocycles. The van der Waals surface area contributed by atoms with E-state index < -0.39 is 30.7 Å². The average molecular weight is 388 g/mol. The number of benzene rings is 2. The highest BCUT2D eigenvalue weighted by atomic mass is 35.5. The Labute approximate surface area is 162 Å². The van der Waals surface area contributed by atoms with E-state index in [4.69, 9.17) is 16.3 Å². The molecule has 2 aliphatic heterocycles. The van der Waals surface area contributed by atoms with E-state index in [-0.39, 0.29) is 6.42 Å². The average Bonchev–Trinajstić information content (AvgIpc) is 3.13. The number of nitrogens with one attached hydrogen (secondary N) is 1. The Balaban J connectivity index is 1.57. The van der Waals surface area contributed by atoms with Gasteiger partial charge in [0.05, 0.1) is 12.7 Å². The summed E-state index contributed by atoms with van der Waals surface area (Å²) in [4.78, 5) is 11.8. The second-order valence-corrected chi connectivity index (χ2v) is 7.55. The van der Waals surface area contributed by atoms with Gasteiger partial charge in [0.2, 0.25) is 0 Å². The zero-order valence-electron chi connectivity index (χ0n) is 14.8. The minimum Gasteiger partial charge on any atom is -0.393 e. The summed E-state index contributed by atoms with van der Waals surface area (Å²) in [6.07, 6.45) is -0.652. The molecule has 0 saturated carbocycles. The SMILES string of the molecule is O=C1C(O)C[C@H](c2ccc(Cl)c(Cc3ccc4c(c3)CCN4)c2)O[C@@H]1CO. The fourth-order valence-electron chi connectivity index (χ4n) is 3.82. The first-order valence-electron chi connectivity index (χ1n) is 9.17. The van der Waals surface area contributed by atoms with E-state index >= 15 is 0 Å². The number of rotatable bonds is 4. The predicted molar refractivity (Wildman–Crippen MR) is 103 cm³/mol. The molecular weight excluding hydrogens is 366 g/mol. The lowest BCUT2D eigenvalue weighted by molar-refractivity contribution is -0.161. The van der Waals surface area contributed by atoms with Crippen molar-refractivity contribution < 1.29 is 19.7 Å². The van der Waals surface area contributed by atoms with E-state index in [2.05, 4.69) is 23.5 Å². The molecule has 2 aromatic rings. The number of hydrogen-bond donors (Lipinski definition) is 3. The number of hydrogen-bond acceptors (Lipinski definition) is 5. The molecule has 2 aliphatic rings. The zero-order chi connectivity index (χ0) is 19.0. The van der Waals surface area contributed by atoms with Gasteiger partial charge in [-0.3, -0.25) is 4.79 Å². The molecule has 0 radical (unpaired) electrons. The van der Waals surface area contributed by atoms with Crippen LogP contribution in [0.3, 0.4) is 0 Å². The first-order valence-corrected chi connectivity index (χ1v) is 9.55. The van der Waals surface area contributed by atoms with Crippen molar-refractivity contribution in [2.45, 2.75) is 37.6 Å². The molecular formula is C21H22ClNO4. The third kappa shape index (κ3) is 3.73. The Hall–Kier alpha value is -1.92. The number of anilines is 1. The maximum atomic E-state index is 11.8. The number of carbonyl (C=O) groups is 1. The zero-order valence-corrected chi connectivity index (χ0v) is 15.6. The van der Waals surface area contributed by atoms with Crippen LogP contribution in [0.5, 0.6) is 0 Å². The number of aliphatic hydroxyl groups excluding tert-OH is 2. The standard InChI is InChI=1S/C21H22ClNO4/c22-16-3-2-14(19-10-18(25)21(26)20(11-24)27-19)9-15(16)8-12-1-4-17-13(7-12)5-6-23-17/h1-4,7,9,18-20,23-25H,5-6,8,10-11H2/t18?,19-,20-/m1/s1. The maximum absolute atomic E-state index is 11.8. The summed E-state index contributed by atoms with van der Waals surface area (Å²) in [7, 11) is 0. The summed E-state index contributed by atoms with van der Waals surface area (Å²) < 4.78 is 5.70. The van der Waals surface area contributed by atoms with Crippen LogP contribution in [0.1, 0.15) is 34.8 Å². The molecule has 6 heteroatoms. The summed E-state index contributed by atoms with van der Waals surface area (Å²) in [5.41, 5.74) is 5.52. The lowest BCUT2D eigenvalue weighted by Crippen LogP contribution is -2.43. The summed E-state index contributed by atoms with van der Waals surface area (Å²) in [5.74, 6) is -0.463. The number of carbonyl (C=O) groups excluding carboxylic acids is 1. The molecule has 3 atom stereocenters. The van der Waals surface area contributed by atoms with E-state index in [1.807, 2.05) is 18.2 Å². The van der Waals surface area contributed by atoms with Gasteiger partial charge in [-0.2, -0.15) is 0 Å². The third-order valence-corrected chi connectivity index (χ3v) is 5.66. The minimum atomic E-state index is -1.12. The Bertz CT molecular complexity index is 869. The highest BCUT2D eigenvalue weighted by Gasteiger charge is 2.36. The van der Waals surface area contributed by atoms with Crippen LogP contribution >= 0.6 is 11.6 Å². The molecule has 27 heavy (non-hydrogen) atoms. The highest BCUT2D eigenvalue weighted by molar-refractivity contribution is 6.31. The third-order valence-electron chi connectivity index (χ3n) is 5.29. The van der Waals surface area contributed by atoms with Crippen LogP contribution in [0, 0.1) is 0 Å². The lowest BCUT2D eigenvalue weighted by Gasteiger charge is -2.31. The van der Waals surface area contributed by atoms with Gasteiger partial charge in [-0.25, -0.2) is 0 Å². The second kappa shape index (κ2) is 7.60. The molecule has 0 spiro atoms. The molecule has 4 rings (SSSR count). The van der Waals surface area contributed by atoms with E-state index in [0.717, 1.165) is 24.1 Å². The summed E-state index contributed by atoms with van der Waals surface area (Å²) in [5, 5.41) is 23.3. The van der Waals surface area contributed by atoms with Gasteiger partial charge in [0.25, 0.3) is 0 Å². The Morgan fingerprint density at radius 3 is 2.89 bits per heavy atom. The number of ether oxygens (including phenoxy) is 1. The maximum Gasteiger partial charge on any atom is 0.192 e. The predicted octanol–water partition coefficient (Wildman–Crippen LogP) is 2.65. The number of halogens is 1. The number of ketones is 1. The molecule has 3 N–H and O–H groups in total. The Morgan fingerprint density at radius 2 is 2.07 bits per heavy atom. The molecule has 1 fully saturated rings. The van der Waals surface area contributed by atoms with Crippen molar-refractivity contribution in [3.05, 3.63) is 63.7 Å². The first kappa shape index (κ1) is 18.4. The summed E-state index contributed by atoms with van der Waals surface area (Å²) in [6.45, 7) is 0.539. The summed E-state index contributed by atoms with van der Waals surface area (Å²) in [6, 6.07) is 12.0. The van der Waals surface area contributed by atoms with Gasteiger partial charge in [-0.05, 0) is 47.2 Å². The molecule has 0 aliphatic carbocycles. The van der Waals surface area contributed by atoms with Crippen LogP contribution in [-0.4, -0.2) is 41.4 Å². The number of Topliss-reactive ketones (excluding diaryl/α,β-unsaturated/α-hetero) is 1. The van der Waals surface area contributed by atoms with Crippen molar-refractivity contribution in [1.29, 1.82) is 0 Å². The minimum absolute atomic E-state index is 0.181. The fourth-order valence-corrected chi connectivity index (χ4v) is 4.00. The topological polar surface area (TPSA) is 78.8 Å². The summed E-state index contributed by atoms with van der Waals surface area (Å²) >= 11 is 6.41. The molecule has 0 bridgehead atoms.